The maximum Gasteiger partial charge on any atom is 0.185 e. The number of benzene rings is 3. The molecule has 0 bridgehead atoms. The molecule has 0 aromatic heterocycles. The molecule has 30 heavy (non-hydrogen) atoms. The molecule has 4 rings (SSSR count). The molecule has 0 unspecified atom stereocenters. The molecule has 0 amide bonds. The number of allylic oxidation sites excluding steroid dienone is 1. The zero-order valence-electron chi connectivity index (χ0n) is 16.7. The first kappa shape index (κ1) is 19.6. The zero-order chi connectivity index (χ0) is 20.8. The summed E-state index contributed by atoms with van der Waals surface area (Å²) in [5.41, 5.74) is 2.33. The molecule has 0 radical (unpaired) electrons. The lowest BCUT2D eigenvalue weighted by atomic mass is 10.1. The predicted molar refractivity (Wildman–Crippen MR) is 115 cm³/mol. The number of rotatable bonds is 7. The van der Waals surface area contributed by atoms with Gasteiger partial charge in [-0.3, -0.25) is 4.79 Å². The van der Waals surface area contributed by atoms with Crippen LogP contribution < -0.4 is 18.9 Å². The van der Waals surface area contributed by atoms with Gasteiger partial charge in [0.15, 0.2) is 17.3 Å². The summed E-state index contributed by atoms with van der Waals surface area (Å²) in [4.78, 5) is 12.6. The average Bonchev–Trinajstić information content (AvgIpc) is 2.81. The molecule has 0 aliphatic carbocycles. The van der Waals surface area contributed by atoms with Crippen LogP contribution in [0.3, 0.4) is 0 Å². The van der Waals surface area contributed by atoms with Crippen LogP contribution in [0.5, 0.6) is 23.0 Å². The van der Waals surface area contributed by atoms with Gasteiger partial charge in [-0.05, 0) is 54.1 Å². The zero-order valence-corrected chi connectivity index (χ0v) is 16.7. The van der Waals surface area contributed by atoms with E-state index in [1.165, 1.54) is 0 Å². The Morgan fingerprint density at radius 1 is 0.967 bits per heavy atom. The maximum absolute atomic E-state index is 12.6. The third-order valence-electron chi connectivity index (χ3n) is 4.70. The van der Waals surface area contributed by atoms with Crippen LogP contribution in [-0.4, -0.2) is 26.1 Å². The highest BCUT2D eigenvalue weighted by Gasteiger charge is 2.14. The van der Waals surface area contributed by atoms with Crippen LogP contribution in [0.25, 0.3) is 6.08 Å². The molecule has 5 heteroatoms. The molecule has 0 spiro atoms. The first-order valence-corrected chi connectivity index (χ1v) is 9.70. The summed E-state index contributed by atoms with van der Waals surface area (Å²) in [6.45, 7) is 1.37. The molecule has 1 aliphatic heterocycles. The van der Waals surface area contributed by atoms with Gasteiger partial charge in [0.2, 0.25) is 0 Å². The van der Waals surface area contributed by atoms with E-state index in [0.29, 0.717) is 36.9 Å². The minimum Gasteiger partial charge on any atom is -0.496 e. The van der Waals surface area contributed by atoms with Gasteiger partial charge in [0.05, 0.1) is 7.11 Å². The SMILES string of the molecule is COc1ccc(C=CC(=O)c2ccc3c(c2)OCCO3)cc1COc1ccccc1. The number of para-hydroxylation sites is 1. The maximum atomic E-state index is 12.6. The van der Waals surface area contributed by atoms with Gasteiger partial charge in [-0.25, -0.2) is 0 Å². The van der Waals surface area contributed by atoms with E-state index in [4.69, 9.17) is 18.9 Å². The molecule has 0 saturated heterocycles. The van der Waals surface area contributed by atoms with Gasteiger partial charge in [0.1, 0.15) is 31.3 Å². The van der Waals surface area contributed by atoms with Gasteiger partial charge >= 0.3 is 0 Å². The van der Waals surface area contributed by atoms with Gasteiger partial charge in [-0.15, -0.1) is 0 Å². The summed E-state index contributed by atoms with van der Waals surface area (Å²) >= 11 is 0. The van der Waals surface area contributed by atoms with E-state index in [-0.39, 0.29) is 5.78 Å². The molecule has 0 N–H and O–H groups in total. The van der Waals surface area contributed by atoms with Gasteiger partial charge in [-0.1, -0.05) is 30.3 Å². The van der Waals surface area contributed by atoms with E-state index < -0.39 is 0 Å². The second-order valence-electron chi connectivity index (χ2n) is 6.73. The van der Waals surface area contributed by atoms with Gasteiger partial charge in [0.25, 0.3) is 0 Å². The molecular formula is C25H22O5. The molecule has 1 heterocycles. The van der Waals surface area contributed by atoms with E-state index in [2.05, 4.69) is 0 Å². The van der Waals surface area contributed by atoms with Crippen LogP contribution in [-0.2, 0) is 6.61 Å². The number of carbonyl (C=O) groups excluding carboxylic acids is 1. The van der Waals surface area contributed by atoms with Crippen LogP contribution >= 0.6 is 0 Å². The van der Waals surface area contributed by atoms with Crippen molar-refractivity contribution in [3.05, 3.63) is 89.5 Å². The van der Waals surface area contributed by atoms with Crippen molar-refractivity contribution in [2.45, 2.75) is 6.61 Å². The third-order valence-corrected chi connectivity index (χ3v) is 4.70. The van der Waals surface area contributed by atoms with Crippen molar-refractivity contribution in [1.29, 1.82) is 0 Å². The molecule has 0 atom stereocenters. The minimum absolute atomic E-state index is 0.107. The van der Waals surface area contributed by atoms with Crippen LogP contribution in [0.4, 0.5) is 0 Å². The highest BCUT2D eigenvalue weighted by molar-refractivity contribution is 6.07. The molecule has 0 fully saturated rings. The summed E-state index contributed by atoms with van der Waals surface area (Å²) in [6, 6.07) is 20.6. The Labute approximate surface area is 175 Å². The Hall–Kier alpha value is -3.73. The molecule has 3 aromatic rings. The smallest absolute Gasteiger partial charge is 0.185 e. The number of hydrogen-bond donors (Lipinski definition) is 0. The van der Waals surface area contributed by atoms with E-state index >= 15 is 0 Å². The second kappa shape index (κ2) is 9.18. The van der Waals surface area contributed by atoms with Crippen molar-refractivity contribution >= 4 is 11.9 Å². The number of ketones is 1. The summed E-state index contributed by atoms with van der Waals surface area (Å²) in [6.07, 6.45) is 3.33. The Kier molecular flexibility index (Phi) is 5.99. The van der Waals surface area contributed by atoms with Crippen molar-refractivity contribution < 1.29 is 23.7 Å². The lowest BCUT2D eigenvalue weighted by molar-refractivity contribution is 0.104. The number of carbonyl (C=O) groups is 1. The molecule has 3 aromatic carbocycles. The Bertz CT molecular complexity index is 1060. The fraction of sp³-hybridized carbons (Fsp3) is 0.160. The molecule has 152 valence electrons. The quantitative estimate of drug-likeness (QED) is 0.414. The van der Waals surface area contributed by atoms with Crippen molar-refractivity contribution in [3.63, 3.8) is 0 Å². The lowest BCUT2D eigenvalue weighted by Gasteiger charge is -2.18. The van der Waals surface area contributed by atoms with Gasteiger partial charge in [0, 0.05) is 11.1 Å². The number of ether oxygens (including phenoxy) is 4. The molecule has 1 aliphatic rings. The van der Waals surface area contributed by atoms with Crippen LogP contribution in [0, 0.1) is 0 Å². The molecule has 5 nitrogen and oxygen atoms in total. The average molecular weight is 402 g/mol. The summed E-state index contributed by atoms with van der Waals surface area (Å²) in [7, 11) is 1.63. The fourth-order valence-corrected chi connectivity index (χ4v) is 3.16. The Balaban J connectivity index is 1.48. The largest absolute Gasteiger partial charge is 0.496 e. The van der Waals surface area contributed by atoms with Crippen LogP contribution in [0.1, 0.15) is 21.5 Å². The third kappa shape index (κ3) is 4.63. The predicted octanol–water partition coefficient (Wildman–Crippen LogP) is 4.94. The normalized spacial score (nSPS) is 12.6. The molecular weight excluding hydrogens is 380 g/mol. The lowest BCUT2D eigenvalue weighted by Crippen LogP contribution is -2.15. The van der Waals surface area contributed by atoms with Gasteiger partial charge < -0.3 is 18.9 Å². The highest BCUT2D eigenvalue weighted by atomic mass is 16.6. The van der Waals surface area contributed by atoms with Crippen molar-refractivity contribution in [2.24, 2.45) is 0 Å². The van der Waals surface area contributed by atoms with Crippen LogP contribution in [0.15, 0.2) is 72.8 Å². The highest BCUT2D eigenvalue weighted by Crippen LogP contribution is 2.31. The minimum atomic E-state index is -0.107. The second-order valence-corrected chi connectivity index (χ2v) is 6.73. The first-order valence-electron chi connectivity index (χ1n) is 9.70. The monoisotopic (exact) mass is 402 g/mol. The number of fused-ring (bicyclic) bond motifs is 1. The summed E-state index contributed by atoms with van der Waals surface area (Å²) < 4.78 is 22.3. The fourth-order valence-electron chi connectivity index (χ4n) is 3.16. The number of methoxy groups -OCH3 is 1. The van der Waals surface area contributed by atoms with Crippen LogP contribution in [0.2, 0.25) is 0 Å². The number of hydrogen-bond acceptors (Lipinski definition) is 5. The standard InChI is InChI=1S/C25H22O5/c1-27-23-11-8-18(15-20(23)17-30-21-5-3-2-4-6-21)7-10-22(26)19-9-12-24-25(16-19)29-14-13-28-24/h2-12,15-16H,13-14,17H2,1H3. The molecule has 0 saturated carbocycles. The van der Waals surface area contributed by atoms with Crippen molar-refractivity contribution in [3.8, 4) is 23.0 Å². The van der Waals surface area contributed by atoms with Crippen molar-refractivity contribution in [1.82, 2.24) is 0 Å². The van der Waals surface area contributed by atoms with Gasteiger partial charge in [-0.2, -0.15) is 0 Å². The van der Waals surface area contributed by atoms with Crippen molar-refractivity contribution in [2.75, 3.05) is 20.3 Å². The van der Waals surface area contributed by atoms with E-state index in [1.807, 2.05) is 48.5 Å². The first-order chi connectivity index (χ1) is 14.7. The topological polar surface area (TPSA) is 54.0 Å². The Morgan fingerprint density at radius 3 is 2.57 bits per heavy atom. The summed E-state index contributed by atoms with van der Waals surface area (Å²) in [5, 5.41) is 0. The van der Waals surface area contributed by atoms with E-state index in [9.17, 15) is 4.79 Å². The van der Waals surface area contributed by atoms with E-state index in [1.54, 1.807) is 37.5 Å². The summed E-state index contributed by atoms with van der Waals surface area (Å²) in [5.74, 6) is 2.69. The Morgan fingerprint density at radius 2 is 1.77 bits per heavy atom. The van der Waals surface area contributed by atoms with E-state index in [0.717, 1.165) is 22.6 Å².